The molecule has 1 aromatic rings. The van der Waals surface area contributed by atoms with Gasteiger partial charge in [-0.25, -0.2) is 14.4 Å². The quantitative estimate of drug-likeness (QED) is 0.0641. The summed E-state index contributed by atoms with van der Waals surface area (Å²) in [5.74, 6) is -1.81. The fraction of sp³-hybridized carbons (Fsp3) is 0.698. The predicted octanol–water partition coefficient (Wildman–Crippen LogP) is 6.36. The zero-order valence-electron chi connectivity index (χ0n) is 37.1. The van der Waals surface area contributed by atoms with E-state index in [4.69, 9.17) is 47.4 Å². The van der Waals surface area contributed by atoms with E-state index < -0.39 is 59.6 Å². The van der Waals surface area contributed by atoms with Gasteiger partial charge in [0, 0.05) is 45.8 Å². The molecule has 0 saturated carbocycles. The van der Waals surface area contributed by atoms with E-state index in [1.807, 2.05) is 6.92 Å². The molecule has 1 saturated heterocycles. The number of hydrogen-bond acceptors (Lipinski definition) is 14. The largest absolute Gasteiger partial charge is 0.467 e. The van der Waals surface area contributed by atoms with Crippen molar-refractivity contribution in [3.05, 3.63) is 41.5 Å². The molecule has 2 amide bonds. The molecule has 0 spiro atoms. The number of benzene rings is 1. The molecule has 0 aromatic heterocycles. The molecule has 0 radical (unpaired) electrons. The van der Waals surface area contributed by atoms with Gasteiger partial charge in [-0.2, -0.15) is 0 Å². The summed E-state index contributed by atoms with van der Waals surface area (Å²) < 4.78 is 57.4. The van der Waals surface area contributed by atoms with Crippen molar-refractivity contribution < 1.29 is 66.9 Å². The Morgan fingerprint density at radius 1 is 0.847 bits per heavy atom. The van der Waals surface area contributed by atoms with E-state index in [9.17, 15) is 19.5 Å². The van der Waals surface area contributed by atoms with Crippen LogP contribution in [0.25, 0.3) is 6.08 Å². The average molecular weight is 837 g/mol. The number of anilines is 1. The zero-order chi connectivity index (χ0) is 44.0. The highest BCUT2D eigenvalue weighted by Gasteiger charge is 2.43. The van der Waals surface area contributed by atoms with Gasteiger partial charge in [-0.15, -0.1) is 0 Å². The summed E-state index contributed by atoms with van der Waals surface area (Å²) in [6.45, 7) is 19.4. The Hall–Kier alpha value is -3.77. The molecule has 0 bridgehead atoms. The summed E-state index contributed by atoms with van der Waals surface area (Å²) in [5.41, 5.74) is -0.907. The number of carbonyl (C=O) groups excluding carboxylic acids is 3. The number of carbonyl (C=O) groups is 3. The molecule has 1 aromatic carbocycles. The summed E-state index contributed by atoms with van der Waals surface area (Å²) in [6, 6.07) is 3.20. The number of amides is 2. The molecule has 334 valence electrons. The van der Waals surface area contributed by atoms with Gasteiger partial charge in [0.05, 0.1) is 44.8 Å². The van der Waals surface area contributed by atoms with Gasteiger partial charge in [0.1, 0.15) is 40.8 Å². The third-order valence-electron chi connectivity index (χ3n) is 9.00. The lowest BCUT2D eigenvalue weighted by Gasteiger charge is -2.32. The molecular formula is C43H68N2O14. The van der Waals surface area contributed by atoms with Crippen molar-refractivity contribution in [2.24, 2.45) is 5.92 Å². The average Bonchev–Trinajstić information content (AvgIpc) is 3.44. The number of methoxy groups -OCH3 is 2. The molecule has 0 unspecified atom stereocenters. The first kappa shape index (κ1) is 49.6. The van der Waals surface area contributed by atoms with Crippen molar-refractivity contribution in [1.29, 1.82) is 0 Å². The van der Waals surface area contributed by atoms with Crippen molar-refractivity contribution >= 4 is 29.9 Å². The third kappa shape index (κ3) is 16.7. The molecule has 1 N–H and O–H groups in total. The van der Waals surface area contributed by atoms with Crippen molar-refractivity contribution in [3.63, 3.8) is 0 Å². The molecule has 16 heteroatoms. The molecule has 2 aliphatic heterocycles. The summed E-state index contributed by atoms with van der Waals surface area (Å²) in [5, 5.41) is 11.1. The first-order valence-corrected chi connectivity index (χ1v) is 20.2. The van der Waals surface area contributed by atoms with Crippen LogP contribution in [0.4, 0.5) is 15.3 Å². The molecule has 0 aliphatic carbocycles. The Labute approximate surface area is 349 Å². The van der Waals surface area contributed by atoms with Crippen molar-refractivity contribution in [1.82, 2.24) is 4.90 Å². The number of ether oxygens (including phenoxy) is 10. The lowest BCUT2D eigenvalue weighted by Crippen LogP contribution is -2.45. The summed E-state index contributed by atoms with van der Waals surface area (Å²) in [7, 11) is 3.04. The van der Waals surface area contributed by atoms with E-state index >= 15 is 0 Å². The lowest BCUT2D eigenvalue weighted by molar-refractivity contribution is -0.152. The van der Waals surface area contributed by atoms with Crippen LogP contribution in [0, 0.1) is 5.92 Å². The summed E-state index contributed by atoms with van der Waals surface area (Å²) >= 11 is 0. The Morgan fingerprint density at radius 3 is 2.14 bits per heavy atom. The number of rotatable bonds is 16. The maximum atomic E-state index is 14.1. The second-order valence-electron chi connectivity index (χ2n) is 16.9. The van der Waals surface area contributed by atoms with Gasteiger partial charge >= 0.3 is 18.2 Å². The van der Waals surface area contributed by atoms with E-state index in [1.165, 1.54) is 16.9 Å². The van der Waals surface area contributed by atoms with Crippen LogP contribution >= 0.6 is 0 Å². The van der Waals surface area contributed by atoms with Crippen LogP contribution in [-0.4, -0.2) is 143 Å². The minimum absolute atomic E-state index is 0.0204. The van der Waals surface area contributed by atoms with Crippen molar-refractivity contribution in [3.8, 4) is 5.75 Å². The summed E-state index contributed by atoms with van der Waals surface area (Å²) in [4.78, 5) is 44.5. The number of hydrogen-bond donors (Lipinski definition) is 1. The van der Waals surface area contributed by atoms with Crippen molar-refractivity contribution in [2.45, 2.75) is 117 Å². The van der Waals surface area contributed by atoms with Crippen LogP contribution in [0.3, 0.4) is 0 Å². The van der Waals surface area contributed by atoms with Crippen LogP contribution in [0.2, 0.25) is 0 Å². The molecule has 2 aliphatic rings. The molecule has 3 rings (SSSR count). The van der Waals surface area contributed by atoms with Crippen LogP contribution in [0.5, 0.6) is 5.75 Å². The van der Waals surface area contributed by atoms with Crippen LogP contribution < -0.4 is 9.64 Å². The Balaban J connectivity index is 2.09. The number of cyclic esters (lactones) is 1. The molecular weight excluding hydrogens is 768 g/mol. The van der Waals surface area contributed by atoms with Gasteiger partial charge in [0.25, 0.3) is 0 Å². The second-order valence-corrected chi connectivity index (χ2v) is 16.9. The van der Waals surface area contributed by atoms with Gasteiger partial charge in [-0.05, 0) is 80.4 Å². The smallest absolute Gasteiger partial charge is 0.414 e. The predicted molar refractivity (Wildman–Crippen MR) is 221 cm³/mol. The normalized spacial score (nSPS) is 22.7. The standard InChI is InChI=1S/C43H68N2O14/c1-29-16-17-33(46)37-34(56-43(9,10)57-37)15-13-14-31-26-32(27-35(54-28-51-12)36(31)38(47)55-30(29)2)45(40(49)59-42(6,7)8)19-18-44(39(48)58-41(3,4)5)20-21-52-24-25-53-23-22-50-11/h13-14,16-17,26-27,29-30,33-34,37,46H,15,18-25,28H2,1-12H3/b14-13?,17-16-/t29-,30+,33-,34+,37-/m1/s1. The summed E-state index contributed by atoms with van der Waals surface area (Å²) in [6.07, 6.45) is 3.16. The molecule has 2 heterocycles. The van der Waals surface area contributed by atoms with Crippen LogP contribution in [-0.2, 0) is 42.6 Å². The van der Waals surface area contributed by atoms with Gasteiger partial charge in [0.15, 0.2) is 12.6 Å². The highest BCUT2D eigenvalue weighted by atomic mass is 16.8. The monoisotopic (exact) mass is 836 g/mol. The van der Waals surface area contributed by atoms with Gasteiger partial charge in [0.2, 0.25) is 0 Å². The Kier molecular flexibility index (Phi) is 19.1. The SMILES string of the molecule is COCCOCCOCCN(CCN(C(=O)OC(C)(C)C)c1cc2c(c(OCOC)c1)C(=O)O[C@@H](C)[C@H](C)/C=C\[C@@H](O)[C@H]1OC(C)(C)O[C@H]1CC=C2)C(=O)OC(C)(C)C. The van der Waals surface area contributed by atoms with Gasteiger partial charge in [-0.1, -0.05) is 31.2 Å². The minimum atomic E-state index is -0.981. The molecule has 16 nitrogen and oxygen atoms in total. The fourth-order valence-electron chi connectivity index (χ4n) is 6.04. The highest BCUT2D eigenvalue weighted by molar-refractivity contribution is 5.99. The maximum absolute atomic E-state index is 14.1. The Bertz CT molecular complexity index is 1570. The van der Waals surface area contributed by atoms with E-state index in [1.54, 1.807) is 106 Å². The maximum Gasteiger partial charge on any atom is 0.414 e. The van der Waals surface area contributed by atoms with Gasteiger partial charge < -0.3 is 57.4 Å². The lowest BCUT2D eigenvalue weighted by atomic mass is 9.98. The number of nitrogens with zero attached hydrogens (tertiary/aromatic N) is 2. The number of esters is 1. The van der Waals surface area contributed by atoms with Crippen LogP contribution in [0.15, 0.2) is 30.4 Å². The highest BCUT2D eigenvalue weighted by Crippen LogP contribution is 2.36. The fourth-order valence-corrected chi connectivity index (χ4v) is 6.04. The molecule has 5 atom stereocenters. The van der Waals surface area contributed by atoms with E-state index in [0.29, 0.717) is 44.1 Å². The third-order valence-corrected chi connectivity index (χ3v) is 9.00. The molecule has 1 fully saturated rings. The topological polar surface area (TPSA) is 170 Å². The van der Waals surface area contributed by atoms with E-state index in [2.05, 4.69) is 0 Å². The van der Waals surface area contributed by atoms with E-state index in [-0.39, 0.29) is 50.3 Å². The number of fused-ring (bicyclic) bond motifs is 2. The first-order chi connectivity index (χ1) is 27.6. The zero-order valence-corrected chi connectivity index (χ0v) is 37.1. The van der Waals surface area contributed by atoms with Crippen LogP contribution in [0.1, 0.15) is 91.6 Å². The Morgan fingerprint density at radius 2 is 1.49 bits per heavy atom. The minimum Gasteiger partial charge on any atom is -0.467 e. The van der Waals surface area contributed by atoms with Crippen molar-refractivity contribution in [2.75, 3.05) is 78.6 Å². The van der Waals surface area contributed by atoms with Gasteiger partial charge in [-0.3, -0.25) is 4.90 Å². The van der Waals surface area contributed by atoms with E-state index in [0.717, 1.165) is 0 Å². The first-order valence-electron chi connectivity index (χ1n) is 20.2. The second kappa shape index (κ2) is 22.7. The number of aliphatic hydroxyl groups is 1. The number of aliphatic hydroxyl groups excluding tert-OH is 1. The molecule has 59 heavy (non-hydrogen) atoms.